The predicted molar refractivity (Wildman–Crippen MR) is 103 cm³/mol. The minimum Gasteiger partial charge on any atom is -0.489 e. The number of ether oxygens (including phenoxy) is 1. The summed E-state index contributed by atoms with van der Waals surface area (Å²) in [4.78, 5) is 27.0. The van der Waals surface area contributed by atoms with E-state index in [-0.39, 0.29) is 11.8 Å². The zero-order valence-electron chi connectivity index (χ0n) is 15.5. The monoisotopic (exact) mass is 355 g/mol. The Morgan fingerprint density at radius 3 is 2.31 bits per heavy atom. The highest BCUT2D eigenvalue weighted by Gasteiger charge is 2.34. The molecular weight excluding hydrogens is 330 g/mol. The molecule has 2 N–H and O–H groups in total. The molecule has 0 bridgehead atoms. The van der Waals surface area contributed by atoms with Crippen molar-refractivity contribution in [3.05, 3.63) is 35.4 Å². The van der Waals surface area contributed by atoms with Crippen molar-refractivity contribution in [2.75, 3.05) is 38.1 Å². The molecule has 2 aromatic carbocycles. The van der Waals surface area contributed by atoms with Crippen LogP contribution in [0.4, 0.5) is 5.69 Å². The summed E-state index contributed by atoms with van der Waals surface area (Å²) in [5, 5.41) is 7.23. The first-order chi connectivity index (χ1) is 12.6. The first-order valence-electron chi connectivity index (χ1n) is 9.15. The molecule has 1 heterocycles. The predicted octanol–water partition coefficient (Wildman–Crippen LogP) is 2.88. The molecule has 0 aliphatic carbocycles. The van der Waals surface area contributed by atoms with Crippen LogP contribution in [0.3, 0.4) is 0 Å². The average molecular weight is 355 g/mol. The molecule has 0 aromatic heterocycles. The van der Waals surface area contributed by atoms with E-state index in [2.05, 4.69) is 29.4 Å². The molecule has 0 saturated carbocycles. The van der Waals surface area contributed by atoms with Gasteiger partial charge in [-0.05, 0) is 25.4 Å². The lowest BCUT2D eigenvalue weighted by molar-refractivity contribution is 0.0880. The molecule has 1 aliphatic heterocycles. The van der Waals surface area contributed by atoms with Crippen molar-refractivity contribution in [3.63, 3.8) is 0 Å². The third-order valence-corrected chi connectivity index (χ3v) is 4.75. The van der Waals surface area contributed by atoms with Gasteiger partial charge in [0, 0.05) is 18.5 Å². The molecule has 6 nitrogen and oxygen atoms in total. The van der Waals surface area contributed by atoms with Crippen molar-refractivity contribution < 1.29 is 14.3 Å². The maximum absolute atomic E-state index is 12.4. The van der Waals surface area contributed by atoms with E-state index in [0.717, 1.165) is 30.4 Å². The number of fused-ring (bicyclic) bond motifs is 3. The van der Waals surface area contributed by atoms with Gasteiger partial charge in [-0.3, -0.25) is 14.9 Å². The lowest BCUT2D eigenvalue weighted by Gasteiger charge is -2.21. The van der Waals surface area contributed by atoms with Crippen molar-refractivity contribution in [3.8, 4) is 5.75 Å². The van der Waals surface area contributed by atoms with Gasteiger partial charge in [0.15, 0.2) is 5.75 Å². The number of imide groups is 1. The fourth-order valence-electron chi connectivity index (χ4n) is 3.41. The van der Waals surface area contributed by atoms with Crippen molar-refractivity contribution >= 4 is 28.3 Å². The van der Waals surface area contributed by atoms with Crippen LogP contribution in [-0.4, -0.2) is 49.5 Å². The van der Waals surface area contributed by atoms with Gasteiger partial charge < -0.3 is 15.0 Å². The number of likely N-dealkylation sites (N-methyl/N-ethyl adjacent to an activating group) is 1. The van der Waals surface area contributed by atoms with Crippen LogP contribution >= 0.6 is 0 Å². The Hall–Kier alpha value is -2.60. The van der Waals surface area contributed by atoms with Gasteiger partial charge >= 0.3 is 0 Å². The fraction of sp³-hybridized carbons (Fsp3) is 0.400. The minimum absolute atomic E-state index is 0.352. The van der Waals surface area contributed by atoms with Crippen LogP contribution in [0.5, 0.6) is 5.75 Å². The molecule has 0 atom stereocenters. The molecule has 26 heavy (non-hydrogen) atoms. The molecule has 2 aromatic rings. The van der Waals surface area contributed by atoms with Crippen molar-refractivity contribution in [2.45, 2.75) is 20.8 Å². The second kappa shape index (κ2) is 7.74. The minimum atomic E-state index is -0.375. The van der Waals surface area contributed by atoms with Gasteiger partial charge in [0.05, 0.1) is 16.8 Å². The third-order valence-electron chi connectivity index (χ3n) is 4.75. The van der Waals surface area contributed by atoms with E-state index in [1.54, 1.807) is 0 Å². The molecule has 0 spiro atoms. The zero-order valence-corrected chi connectivity index (χ0v) is 15.5. The van der Waals surface area contributed by atoms with Crippen LogP contribution in [0.15, 0.2) is 24.3 Å². The van der Waals surface area contributed by atoms with E-state index >= 15 is 0 Å². The van der Waals surface area contributed by atoms with Crippen LogP contribution in [0.2, 0.25) is 0 Å². The molecule has 6 heteroatoms. The summed E-state index contributed by atoms with van der Waals surface area (Å²) >= 11 is 0. The Kier molecular flexibility index (Phi) is 5.42. The van der Waals surface area contributed by atoms with Gasteiger partial charge in [-0.2, -0.15) is 0 Å². The molecule has 3 rings (SSSR count). The van der Waals surface area contributed by atoms with Crippen molar-refractivity contribution in [1.82, 2.24) is 10.2 Å². The summed E-state index contributed by atoms with van der Waals surface area (Å²) in [6.07, 6.45) is 0. The molecule has 0 saturated heterocycles. The topological polar surface area (TPSA) is 70.7 Å². The number of carbonyl (C=O) groups is 2. The number of hydrogen-bond donors (Lipinski definition) is 2. The molecule has 0 radical (unpaired) electrons. The van der Waals surface area contributed by atoms with E-state index in [1.165, 1.54) is 0 Å². The molecule has 0 unspecified atom stereocenters. The maximum atomic E-state index is 12.4. The fourth-order valence-corrected chi connectivity index (χ4v) is 3.41. The number of nitrogens with one attached hydrogen (secondary N) is 2. The number of amides is 2. The second-order valence-corrected chi connectivity index (χ2v) is 6.19. The number of hydrogen-bond acceptors (Lipinski definition) is 5. The average Bonchev–Trinajstić information content (AvgIpc) is 2.95. The van der Waals surface area contributed by atoms with Crippen molar-refractivity contribution in [1.29, 1.82) is 0 Å². The van der Waals surface area contributed by atoms with Gasteiger partial charge in [0.1, 0.15) is 6.61 Å². The number of benzene rings is 2. The standard InChI is InChI=1S/C20H25N3O3/c1-4-21-17-16-15(19(24)22-20(16)25)13-9-7-8-10-14(13)18(17)26-12-11-23(5-2)6-3/h7-10,21H,4-6,11-12H2,1-3H3,(H,22,24,25). The van der Waals surface area contributed by atoms with Crippen LogP contribution in [0.1, 0.15) is 41.5 Å². The molecule has 138 valence electrons. The summed E-state index contributed by atoms with van der Waals surface area (Å²) in [5.74, 6) is -0.0893. The zero-order chi connectivity index (χ0) is 18.7. The van der Waals surface area contributed by atoms with E-state index in [9.17, 15) is 9.59 Å². The Morgan fingerprint density at radius 1 is 1.00 bits per heavy atom. The molecular formula is C20H25N3O3. The number of carbonyl (C=O) groups excluding carboxylic acids is 2. The van der Waals surface area contributed by atoms with E-state index in [4.69, 9.17) is 4.74 Å². The largest absolute Gasteiger partial charge is 0.489 e. The van der Waals surface area contributed by atoms with Crippen LogP contribution in [0, 0.1) is 0 Å². The van der Waals surface area contributed by atoms with E-state index < -0.39 is 0 Å². The normalized spacial score (nSPS) is 13.2. The highest BCUT2D eigenvalue weighted by atomic mass is 16.5. The highest BCUT2D eigenvalue weighted by Crippen LogP contribution is 2.42. The summed E-state index contributed by atoms with van der Waals surface area (Å²) in [7, 11) is 0. The Morgan fingerprint density at radius 2 is 1.65 bits per heavy atom. The van der Waals surface area contributed by atoms with Crippen LogP contribution in [0.25, 0.3) is 10.8 Å². The van der Waals surface area contributed by atoms with Crippen LogP contribution in [-0.2, 0) is 0 Å². The number of rotatable bonds is 8. The van der Waals surface area contributed by atoms with Gasteiger partial charge in [0.2, 0.25) is 0 Å². The lowest BCUT2D eigenvalue weighted by atomic mass is 9.97. The van der Waals surface area contributed by atoms with Crippen molar-refractivity contribution in [2.24, 2.45) is 0 Å². The van der Waals surface area contributed by atoms with E-state index in [0.29, 0.717) is 35.7 Å². The summed E-state index contributed by atoms with van der Waals surface area (Å²) in [6.45, 7) is 10.0. The van der Waals surface area contributed by atoms with Gasteiger partial charge in [-0.25, -0.2) is 0 Å². The maximum Gasteiger partial charge on any atom is 0.261 e. The Bertz CT molecular complexity index is 844. The Labute approximate surface area is 153 Å². The Balaban J connectivity index is 2.10. The smallest absolute Gasteiger partial charge is 0.261 e. The molecule has 0 fully saturated rings. The highest BCUT2D eigenvalue weighted by molar-refractivity contribution is 6.30. The van der Waals surface area contributed by atoms with Gasteiger partial charge in [-0.1, -0.05) is 38.1 Å². The first kappa shape index (κ1) is 18.2. The van der Waals surface area contributed by atoms with E-state index in [1.807, 2.05) is 31.2 Å². The van der Waals surface area contributed by atoms with Gasteiger partial charge in [0.25, 0.3) is 11.8 Å². The quantitative estimate of drug-likeness (QED) is 0.713. The second-order valence-electron chi connectivity index (χ2n) is 6.19. The summed E-state index contributed by atoms with van der Waals surface area (Å²) in [6, 6.07) is 7.57. The first-order valence-corrected chi connectivity index (χ1v) is 9.15. The lowest BCUT2D eigenvalue weighted by Crippen LogP contribution is -2.28. The SMILES string of the molecule is CCNc1c2c(c3ccccc3c1OCCN(CC)CC)C(=O)NC2=O. The summed E-state index contributed by atoms with van der Waals surface area (Å²) < 4.78 is 6.15. The van der Waals surface area contributed by atoms with Crippen LogP contribution < -0.4 is 15.4 Å². The third kappa shape index (κ3) is 3.12. The molecule has 1 aliphatic rings. The molecule has 2 amide bonds. The van der Waals surface area contributed by atoms with Gasteiger partial charge in [-0.15, -0.1) is 0 Å². The number of nitrogens with zero attached hydrogens (tertiary/aromatic N) is 1. The summed E-state index contributed by atoms with van der Waals surface area (Å²) in [5.41, 5.74) is 1.41. The number of anilines is 1.